The molecule has 0 aliphatic rings. The highest BCUT2D eigenvalue weighted by molar-refractivity contribution is 5.76. The number of hydrogen-bond donors (Lipinski definition) is 0. The summed E-state index contributed by atoms with van der Waals surface area (Å²) in [5.74, 6) is 2.41. The van der Waals surface area contributed by atoms with E-state index in [9.17, 15) is 0 Å². The summed E-state index contributed by atoms with van der Waals surface area (Å²) in [6.07, 6.45) is 0.748. The van der Waals surface area contributed by atoms with Crippen LogP contribution in [0.4, 0.5) is 0 Å². The first-order chi connectivity index (χ1) is 14.5. The van der Waals surface area contributed by atoms with E-state index in [2.05, 4.69) is 86.9 Å². The van der Waals surface area contributed by atoms with Crippen LogP contribution >= 0.6 is 0 Å². The maximum Gasteiger partial charge on any atom is 0.156 e. The minimum Gasteiger partial charge on any atom is -0.483 e. The number of aryl methyl sites for hydroxylation is 1. The Morgan fingerprint density at radius 1 is 0.933 bits per heavy atom. The fourth-order valence-corrected chi connectivity index (χ4v) is 3.87. The van der Waals surface area contributed by atoms with Crippen molar-refractivity contribution in [2.45, 2.75) is 52.7 Å². The average Bonchev–Trinajstić information content (AvgIpc) is 3.11. The number of para-hydroxylation sites is 2. The Labute approximate surface area is 179 Å². The molecule has 1 aromatic heterocycles. The summed E-state index contributed by atoms with van der Waals surface area (Å²) in [6.45, 7) is 9.48. The molecule has 0 aliphatic carbocycles. The molecule has 154 valence electrons. The fraction of sp³-hybridized carbons (Fsp3) is 0.296. The summed E-state index contributed by atoms with van der Waals surface area (Å²) in [5, 5.41) is 0. The minimum absolute atomic E-state index is 0.103. The van der Waals surface area contributed by atoms with Gasteiger partial charge in [0.05, 0.1) is 11.0 Å². The second kappa shape index (κ2) is 8.74. The largest absolute Gasteiger partial charge is 0.483 e. The quantitative estimate of drug-likeness (QED) is 0.333. The molecule has 0 saturated carbocycles. The minimum atomic E-state index is -0.103. The molecular weight excluding hydrogens is 368 g/mol. The summed E-state index contributed by atoms with van der Waals surface area (Å²) in [6, 6.07) is 25.5. The van der Waals surface area contributed by atoms with Crippen molar-refractivity contribution in [2.75, 3.05) is 0 Å². The third kappa shape index (κ3) is 4.25. The van der Waals surface area contributed by atoms with Crippen LogP contribution in [-0.2, 0) is 6.54 Å². The van der Waals surface area contributed by atoms with Crippen LogP contribution in [0.1, 0.15) is 61.7 Å². The van der Waals surface area contributed by atoms with Gasteiger partial charge in [-0.15, -0.1) is 0 Å². The van der Waals surface area contributed by atoms with Crippen molar-refractivity contribution in [3.8, 4) is 5.75 Å². The van der Waals surface area contributed by atoms with E-state index in [1.807, 2.05) is 18.2 Å². The lowest BCUT2D eigenvalue weighted by Crippen LogP contribution is -2.15. The summed E-state index contributed by atoms with van der Waals surface area (Å²) >= 11 is 0. The molecule has 1 heterocycles. The molecule has 0 amide bonds. The zero-order chi connectivity index (χ0) is 21.1. The van der Waals surface area contributed by atoms with Crippen molar-refractivity contribution in [1.82, 2.24) is 9.55 Å². The smallest absolute Gasteiger partial charge is 0.156 e. The van der Waals surface area contributed by atoms with Crippen molar-refractivity contribution < 1.29 is 4.74 Å². The van der Waals surface area contributed by atoms with Gasteiger partial charge in [-0.3, -0.25) is 0 Å². The van der Waals surface area contributed by atoms with Gasteiger partial charge in [0, 0.05) is 6.54 Å². The molecule has 0 saturated heterocycles. The zero-order valence-electron chi connectivity index (χ0n) is 18.3. The van der Waals surface area contributed by atoms with Gasteiger partial charge < -0.3 is 9.30 Å². The van der Waals surface area contributed by atoms with Crippen LogP contribution in [0.5, 0.6) is 5.75 Å². The Morgan fingerprint density at radius 3 is 2.40 bits per heavy atom. The number of benzene rings is 3. The molecule has 30 heavy (non-hydrogen) atoms. The highest BCUT2D eigenvalue weighted by Crippen LogP contribution is 2.29. The SMILES string of the molecule is CCC(Oc1cccc(C)c1)c1nc2ccccc2n1Cc1ccc(C(C)C)cc1. The van der Waals surface area contributed by atoms with Crippen molar-refractivity contribution in [3.63, 3.8) is 0 Å². The maximum absolute atomic E-state index is 6.41. The van der Waals surface area contributed by atoms with E-state index in [1.54, 1.807) is 0 Å². The van der Waals surface area contributed by atoms with Gasteiger partial charge in [-0.25, -0.2) is 4.98 Å². The third-order valence-corrected chi connectivity index (χ3v) is 5.60. The standard InChI is InChI=1S/C27H30N2O/c1-5-26(30-23-10-8-9-20(4)17-23)27-28-24-11-6-7-12-25(24)29(27)18-21-13-15-22(16-14-21)19(2)3/h6-17,19,26H,5,18H2,1-4H3. The zero-order valence-corrected chi connectivity index (χ0v) is 18.3. The lowest BCUT2D eigenvalue weighted by molar-refractivity contribution is 0.187. The molecule has 3 heteroatoms. The third-order valence-electron chi connectivity index (χ3n) is 5.60. The van der Waals surface area contributed by atoms with E-state index in [-0.39, 0.29) is 6.10 Å². The van der Waals surface area contributed by atoms with Crippen molar-refractivity contribution >= 4 is 11.0 Å². The lowest BCUT2D eigenvalue weighted by Gasteiger charge is -2.19. The maximum atomic E-state index is 6.41. The number of imidazole rings is 1. The van der Waals surface area contributed by atoms with E-state index in [0.29, 0.717) is 5.92 Å². The number of aromatic nitrogens is 2. The summed E-state index contributed by atoms with van der Waals surface area (Å²) in [5.41, 5.74) is 5.99. The topological polar surface area (TPSA) is 27.1 Å². The van der Waals surface area contributed by atoms with Crippen LogP contribution in [0.3, 0.4) is 0 Å². The van der Waals surface area contributed by atoms with E-state index >= 15 is 0 Å². The van der Waals surface area contributed by atoms with E-state index in [4.69, 9.17) is 9.72 Å². The van der Waals surface area contributed by atoms with Gasteiger partial charge in [-0.05, 0) is 60.2 Å². The van der Waals surface area contributed by atoms with E-state index in [1.165, 1.54) is 16.7 Å². The molecule has 0 aliphatic heterocycles. The summed E-state index contributed by atoms with van der Waals surface area (Å²) in [4.78, 5) is 4.98. The molecule has 4 aromatic rings. The fourth-order valence-electron chi connectivity index (χ4n) is 3.87. The first-order valence-electron chi connectivity index (χ1n) is 10.8. The molecule has 3 aromatic carbocycles. The molecule has 0 radical (unpaired) electrons. The number of nitrogens with zero attached hydrogens (tertiary/aromatic N) is 2. The Balaban J connectivity index is 1.71. The van der Waals surface area contributed by atoms with Crippen LogP contribution in [0, 0.1) is 6.92 Å². The molecule has 4 rings (SSSR count). The molecule has 1 atom stereocenters. The Morgan fingerprint density at radius 2 is 1.70 bits per heavy atom. The molecule has 0 fully saturated rings. The van der Waals surface area contributed by atoms with Crippen molar-refractivity contribution in [1.29, 1.82) is 0 Å². The summed E-state index contributed by atoms with van der Waals surface area (Å²) in [7, 11) is 0. The van der Waals surface area contributed by atoms with Gasteiger partial charge in [0.25, 0.3) is 0 Å². The van der Waals surface area contributed by atoms with E-state index in [0.717, 1.165) is 35.6 Å². The summed E-state index contributed by atoms with van der Waals surface area (Å²) < 4.78 is 8.71. The number of hydrogen-bond acceptors (Lipinski definition) is 2. The Kier molecular flexibility index (Phi) is 5.89. The highest BCUT2D eigenvalue weighted by Gasteiger charge is 2.21. The first kappa shape index (κ1) is 20.2. The van der Waals surface area contributed by atoms with Crippen LogP contribution in [0.2, 0.25) is 0 Å². The van der Waals surface area contributed by atoms with E-state index < -0.39 is 0 Å². The van der Waals surface area contributed by atoms with Crippen LogP contribution in [0.15, 0.2) is 72.8 Å². The van der Waals surface area contributed by atoms with Gasteiger partial charge in [0.1, 0.15) is 5.75 Å². The van der Waals surface area contributed by atoms with Gasteiger partial charge in [-0.2, -0.15) is 0 Å². The number of rotatable bonds is 7. The molecule has 0 spiro atoms. The second-order valence-electron chi connectivity index (χ2n) is 8.27. The Hall–Kier alpha value is -3.07. The molecule has 1 unspecified atom stereocenters. The number of fused-ring (bicyclic) bond motifs is 1. The predicted molar refractivity (Wildman–Crippen MR) is 124 cm³/mol. The average molecular weight is 399 g/mol. The number of ether oxygens (including phenoxy) is 1. The monoisotopic (exact) mass is 398 g/mol. The van der Waals surface area contributed by atoms with Gasteiger partial charge in [0.2, 0.25) is 0 Å². The molecule has 0 N–H and O–H groups in total. The van der Waals surface area contributed by atoms with Gasteiger partial charge >= 0.3 is 0 Å². The lowest BCUT2D eigenvalue weighted by atomic mass is 10.0. The predicted octanol–water partition coefficient (Wildman–Crippen LogP) is 7.05. The molecule has 3 nitrogen and oxygen atoms in total. The van der Waals surface area contributed by atoms with Crippen LogP contribution in [-0.4, -0.2) is 9.55 Å². The van der Waals surface area contributed by atoms with Gasteiger partial charge in [-0.1, -0.05) is 69.3 Å². The van der Waals surface area contributed by atoms with Crippen LogP contribution in [0.25, 0.3) is 11.0 Å². The van der Waals surface area contributed by atoms with Gasteiger partial charge in [0.15, 0.2) is 11.9 Å². The second-order valence-corrected chi connectivity index (χ2v) is 8.27. The molecular formula is C27H30N2O. The Bertz CT molecular complexity index is 1130. The molecule has 0 bridgehead atoms. The van der Waals surface area contributed by atoms with Crippen molar-refractivity contribution in [3.05, 3.63) is 95.3 Å². The first-order valence-corrected chi connectivity index (χ1v) is 10.8. The van der Waals surface area contributed by atoms with Crippen LogP contribution < -0.4 is 4.74 Å². The normalized spacial score (nSPS) is 12.4. The highest BCUT2D eigenvalue weighted by atomic mass is 16.5. The van der Waals surface area contributed by atoms with Crippen molar-refractivity contribution in [2.24, 2.45) is 0 Å².